The average molecular weight is 547 g/mol. The number of nitrogens with one attached hydrogen (secondary N) is 4. The van der Waals surface area contributed by atoms with Crippen LogP contribution >= 0.6 is 0 Å². The number of nitrogens with two attached hydrogens (primary N) is 1. The third-order valence-corrected chi connectivity index (χ3v) is 5.56. The molecular weight excluding hydrogens is 508 g/mol. The van der Waals surface area contributed by atoms with E-state index in [0.29, 0.717) is 49.8 Å². The summed E-state index contributed by atoms with van der Waals surface area (Å²) in [6.45, 7) is 0.255. The molecule has 0 saturated heterocycles. The maximum Gasteiger partial charge on any atom is 0.312 e. The van der Waals surface area contributed by atoms with Gasteiger partial charge in [0.25, 0.3) is 0 Å². The van der Waals surface area contributed by atoms with Gasteiger partial charge in [0.05, 0.1) is 13.2 Å². The van der Waals surface area contributed by atoms with Crippen LogP contribution in [0.2, 0.25) is 0 Å². The van der Waals surface area contributed by atoms with E-state index in [2.05, 4.69) is 21.3 Å². The molecule has 1 atom stereocenters. The number of primary amides is 1. The summed E-state index contributed by atoms with van der Waals surface area (Å²) in [6, 6.07) is 4.93. The van der Waals surface area contributed by atoms with Crippen molar-refractivity contribution in [3.63, 3.8) is 0 Å². The smallest absolute Gasteiger partial charge is 0.312 e. The SMILES string of the molecule is CN(CCCCCC(=O)NCC(=O)NC(CCCNC(N)=O)C(=O)Nc1ccc(CO)cc1)C(=O)/C=C\C=O. The van der Waals surface area contributed by atoms with Crippen LogP contribution in [0.15, 0.2) is 36.4 Å². The predicted octanol–water partition coefficient (Wildman–Crippen LogP) is -0.0592. The second-order valence-electron chi connectivity index (χ2n) is 8.74. The molecule has 0 aliphatic heterocycles. The largest absolute Gasteiger partial charge is 0.392 e. The molecule has 1 rings (SSSR count). The number of aliphatic hydroxyl groups is 1. The number of nitrogens with zero attached hydrogens (tertiary/aromatic N) is 1. The highest BCUT2D eigenvalue weighted by Crippen LogP contribution is 2.11. The van der Waals surface area contributed by atoms with Crippen molar-refractivity contribution in [3.05, 3.63) is 42.0 Å². The second kappa shape index (κ2) is 18.9. The van der Waals surface area contributed by atoms with E-state index in [9.17, 15) is 28.8 Å². The fourth-order valence-corrected chi connectivity index (χ4v) is 3.39. The number of aldehydes is 1. The number of benzene rings is 1. The number of allylic oxidation sites excluding steroid dienone is 1. The molecule has 13 nitrogen and oxygen atoms in total. The minimum atomic E-state index is -0.928. The number of anilines is 1. The van der Waals surface area contributed by atoms with E-state index in [4.69, 9.17) is 10.8 Å². The maximum absolute atomic E-state index is 12.8. The first-order chi connectivity index (χ1) is 18.7. The van der Waals surface area contributed by atoms with Gasteiger partial charge in [-0.1, -0.05) is 18.6 Å². The zero-order valence-corrected chi connectivity index (χ0v) is 22.1. The standard InChI is InChI=1S/C26H38N6O7/c1-32(24(37)9-6-16-33)15-4-2-3-8-22(35)29-17-23(36)31-21(7-5-14-28-26(27)39)25(38)30-20-12-10-19(18-34)11-13-20/h6,9-13,16,21,34H,2-5,7-8,14-15,17-18H2,1H3,(H,29,35)(H,30,38)(H,31,36)(H3,27,28,39)/b9-6-. The van der Waals surface area contributed by atoms with Gasteiger partial charge >= 0.3 is 6.03 Å². The molecule has 0 bridgehead atoms. The monoisotopic (exact) mass is 546 g/mol. The van der Waals surface area contributed by atoms with Gasteiger partial charge in [0.1, 0.15) is 12.3 Å². The van der Waals surface area contributed by atoms with Gasteiger partial charge in [-0.05, 0) is 49.5 Å². The normalized spacial score (nSPS) is 11.3. The fraction of sp³-hybridized carbons (Fsp3) is 0.462. The van der Waals surface area contributed by atoms with Crippen molar-refractivity contribution in [2.24, 2.45) is 5.73 Å². The quantitative estimate of drug-likeness (QED) is 0.0841. The van der Waals surface area contributed by atoms with Gasteiger partial charge in [-0.2, -0.15) is 0 Å². The van der Waals surface area contributed by atoms with E-state index in [-0.39, 0.29) is 44.4 Å². The number of amides is 6. The predicted molar refractivity (Wildman–Crippen MR) is 144 cm³/mol. The summed E-state index contributed by atoms with van der Waals surface area (Å²) in [5.74, 6) is -1.62. The van der Waals surface area contributed by atoms with Crippen molar-refractivity contribution in [2.75, 3.05) is 32.0 Å². The van der Waals surface area contributed by atoms with E-state index in [1.54, 1.807) is 31.3 Å². The van der Waals surface area contributed by atoms with Crippen LogP contribution in [-0.2, 0) is 30.6 Å². The number of aliphatic hydroxyl groups excluding tert-OH is 1. The lowest BCUT2D eigenvalue weighted by Gasteiger charge is -2.19. The van der Waals surface area contributed by atoms with Crippen LogP contribution in [0.5, 0.6) is 0 Å². The third kappa shape index (κ3) is 14.9. The number of urea groups is 1. The number of likely N-dealkylation sites (N-methyl/N-ethyl adjacent to an activating group) is 1. The lowest BCUT2D eigenvalue weighted by Crippen LogP contribution is -2.47. The molecule has 1 unspecified atom stereocenters. The topological polar surface area (TPSA) is 200 Å². The molecule has 0 saturated carbocycles. The zero-order valence-electron chi connectivity index (χ0n) is 22.1. The Morgan fingerprint density at radius 2 is 1.72 bits per heavy atom. The van der Waals surface area contributed by atoms with Crippen molar-refractivity contribution in [1.29, 1.82) is 0 Å². The minimum Gasteiger partial charge on any atom is -0.392 e. The highest BCUT2D eigenvalue weighted by molar-refractivity contribution is 5.97. The Hall–Kier alpha value is -4.26. The fourth-order valence-electron chi connectivity index (χ4n) is 3.39. The Morgan fingerprint density at radius 1 is 1.00 bits per heavy atom. The summed E-state index contributed by atoms with van der Waals surface area (Å²) in [7, 11) is 1.62. The summed E-state index contributed by atoms with van der Waals surface area (Å²) in [6.07, 6.45) is 5.55. The number of hydrogen-bond donors (Lipinski definition) is 6. The van der Waals surface area contributed by atoms with Crippen LogP contribution in [-0.4, -0.2) is 78.7 Å². The molecule has 0 fully saturated rings. The number of carbonyl (C=O) groups is 6. The Labute approximate surface area is 227 Å². The molecule has 13 heteroatoms. The van der Waals surface area contributed by atoms with Gasteiger partial charge in [-0.25, -0.2) is 4.79 Å². The molecule has 0 aliphatic rings. The van der Waals surface area contributed by atoms with Gasteiger partial charge in [0, 0.05) is 38.3 Å². The van der Waals surface area contributed by atoms with Crippen molar-refractivity contribution < 1.29 is 33.9 Å². The van der Waals surface area contributed by atoms with Gasteiger partial charge in [-0.15, -0.1) is 0 Å². The molecule has 0 aromatic heterocycles. The summed E-state index contributed by atoms with van der Waals surface area (Å²) in [5, 5.41) is 19.4. The van der Waals surface area contributed by atoms with Crippen LogP contribution in [0.25, 0.3) is 0 Å². The summed E-state index contributed by atoms with van der Waals surface area (Å²) < 4.78 is 0. The Balaban J connectivity index is 2.47. The van der Waals surface area contributed by atoms with Crippen molar-refractivity contribution in [2.45, 2.75) is 51.2 Å². The molecule has 214 valence electrons. The van der Waals surface area contributed by atoms with E-state index < -0.39 is 23.9 Å². The van der Waals surface area contributed by atoms with Crippen molar-refractivity contribution in [1.82, 2.24) is 20.9 Å². The van der Waals surface area contributed by atoms with Crippen LogP contribution in [0.4, 0.5) is 10.5 Å². The maximum atomic E-state index is 12.8. The molecule has 0 aliphatic carbocycles. The lowest BCUT2D eigenvalue weighted by molar-refractivity contribution is -0.128. The van der Waals surface area contributed by atoms with E-state index in [0.717, 1.165) is 6.08 Å². The highest BCUT2D eigenvalue weighted by atomic mass is 16.3. The van der Waals surface area contributed by atoms with Crippen molar-refractivity contribution in [3.8, 4) is 0 Å². The third-order valence-electron chi connectivity index (χ3n) is 5.56. The first-order valence-corrected chi connectivity index (χ1v) is 12.6. The van der Waals surface area contributed by atoms with Gasteiger partial charge in [0.15, 0.2) is 0 Å². The molecule has 1 aromatic carbocycles. The second-order valence-corrected chi connectivity index (χ2v) is 8.74. The molecule has 7 N–H and O–H groups in total. The van der Waals surface area contributed by atoms with Crippen molar-refractivity contribution >= 4 is 41.6 Å². The molecule has 0 heterocycles. The zero-order chi connectivity index (χ0) is 29.0. The molecular formula is C26H38N6O7. The highest BCUT2D eigenvalue weighted by Gasteiger charge is 2.21. The lowest BCUT2D eigenvalue weighted by atomic mass is 10.1. The molecule has 6 amide bonds. The number of rotatable bonds is 18. The molecule has 0 radical (unpaired) electrons. The molecule has 1 aromatic rings. The first-order valence-electron chi connectivity index (χ1n) is 12.6. The van der Waals surface area contributed by atoms with Gasteiger partial charge in [0.2, 0.25) is 23.6 Å². The summed E-state index contributed by atoms with van der Waals surface area (Å²) in [5.41, 5.74) is 6.21. The number of unbranched alkanes of at least 4 members (excludes halogenated alkanes) is 2. The van der Waals surface area contributed by atoms with Gasteiger partial charge in [-0.3, -0.25) is 24.0 Å². The summed E-state index contributed by atoms with van der Waals surface area (Å²) in [4.78, 5) is 71.7. The Bertz CT molecular complexity index is 997. The van der Waals surface area contributed by atoms with E-state index >= 15 is 0 Å². The van der Waals surface area contributed by atoms with E-state index in [1.807, 2.05) is 0 Å². The minimum absolute atomic E-state index is 0.134. The molecule has 39 heavy (non-hydrogen) atoms. The summed E-state index contributed by atoms with van der Waals surface area (Å²) >= 11 is 0. The van der Waals surface area contributed by atoms with Crippen LogP contribution in [0.1, 0.15) is 44.1 Å². The van der Waals surface area contributed by atoms with Crippen LogP contribution in [0.3, 0.4) is 0 Å². The first kappa shape index (κ1) is 32.8. The van der Waals surface area contributed by atoms with Crippen LogP contribution in [0, 0.1) is 0 Å². The average Bonchev–Trinajstić information content (AvgIpc) is 2.92. The van der Waals surface area contributed by atoms with Crippen LogP contribution < -0.4 is 27.0 Å². The number of carbonyl (C=O) groups excluding carboxylic acids is 6. The van der Waals surface area contributed by atoms with E-state index in [1.165, 1.54) is 11.0 Å². The molecule has 0 spiro atoms. The van der Waals surface area contributed by atoms with Gasteiger partial charge < -0.3 is 37.0 Å². The Kier molecular flexibility index (Phi) is 15.9. The Morgan fingerprint density at radius 3 is 2.36 bits per heavy atom. The number of hydrogen-bond acceptors (Lipinski definition) is 7.